The maximum absolute atomic E-state index is 9.66. The van der Waals surface area contributed by atoms with Crippen molar-refractivity contribution in [3.63, 3.8) is 0 Å². The molecule has 1 aromatic rings. The molecule has 0 aliphatic carbocycles. The molecule has 0 aliphatic heterocycles. The molecule has 1 aromatic carbocycles. The molecule has 2 atom stereocenters. The van der Waals surface area contributed by atoms with Crippen molar-refractivity contribution < 1.29 is 10.2 Å². The topological polar surface area (TPSA) is 105 Å². The molecule has 0 heterocycles. The van der Waals surface area contributed by atoms with Crippen molar-refractivity contribution in [2.45, 2.75) is 12.2 Å². The van der Waals surface area contributed by atoms with Gasteiger partial charge < -0.3 is 27.0 Å². The molecular weight excluding hydrogens is 226 g/mol. The van der Waals surface area contributed by atoms with Crippen molar-refractivity contribution in [3.8, 4) is 0 Å². The van der Waals surface area contributed by atoms with E-state index in [1.165, 1.54) is 0 Å². The first-order valence-corrected chi connectivity index (χ1v) is 5.18. The Hall–Kier alpha value is -1.21. The molecule has 5 nitrogen and oxygen atoms in total. The van der Waals surface area contributed by atoms with Crippen LogP contribution in [0.3, 0.4) is 0 Å². The van der Waals surface area contributed by atoms with E-state index >= 15 is 0 Å². The summed E-state index contributed by atoms with van der Waals surface area (Å²) >= 11 is 4.68. The van der Waals surface area contributed by atoms with Crippen LogP contribution in [0.4, 0.5) is 5.69 Å². The lowest BCUT2D eigenvalue weighted by Gasteiger charge is -2.16. The summed E-state index contributed by atoms with van der Waals surface area (Å²) in [5.74, 6) is 0. The van der Waals surface area contributed by atoms with E-state index in [1.807, 2.05) is 0 Å². The molecule has 0 aromatic heterocycles. The lowest BCUT2D eigenvalue weighted by molar-refractivity contribution is 0.0243. The fourth-order valence-electron chi connectivity index (χ4n) is 1.26. The predicted molar refractivity (Wildman–Crippen MR) is 66.9 cm³/mol. The summed E-state index contributed by atoms with van der Waals surface area (Å²) in [4.78, 5) is 0. The highest BCUT2D eigenvalue weighted by Gasteiger charge is 2.16. The van der Waals surface area contributed by atoms with Crippen molar-refractivity contribution in [2.75, 3.05) is 11.9 Å². The van der Waals surface area contributed by atoms with Crippen molar-refractivity contribution >= 4 is 23.0 Å². The molecule has 0 saturated heterocycles. The zero-order valence-corrected chi connectivity index (χ0v) is 9.45. The third kappa shape index (κ3) is 3.42. The average molecular weight is 241 g/mol. The normalized spacial score (nSPS) is 14.2. The van der Waals surface area contributed by atoms with E-state index in [4.69, 9.17) is 11.5 Å². The van der Waals surface area contributed by atoms with Crippen LogP contribution in [-0.2, 0) is 0 Å². The summed E-state index contributed by atoms with van der Waals surface area (Å²) in [6, 6.07) is 6.76. The van der Waals surface area contributed by atoms with E-state index in [1.54, 1.807) is 24.3 Å². The van der Waals surface area contributed by atoms with Crippen molar-refractivity contribution in [1.29, 1.82) is 0 Å². The zero-order chi connectivity index (χ0) is 12.1. The third-order valence-electron chi connectivity index (χ3n) is 2.13. The van der Waals surface area contributed by atoms with Crippen LogP contribution < -0.4 is 16.8 Å². The number of hydrogen-bond acceptors (Lipinski definition) is 4. The van der Waals surface area contributed by atoms with E-state index in [2.05, 4.69) is 17.5 Å². The largest absolute Gasteiger partial charge is 0.389 e. The van der Waals surface area contributed by atoms with E-state index < -0.39 is 12.2 Å². The Kier molecular flexibility index (Phi) is 4.63. The minimum Gasteiger partial charge on any atom is -0.389 e. The first-order valence-electron chi connectivity index (χ1n) is 4.77. The van der Waals surface area contributed by atoms with Crippen LogP contribution in [0, 0.1) is 0 Å². The maximum atomic E-state index is 9.66. The third-order valence-corrected chi connectivity index (χ3v) is 2.23. The molecule has 0 spiro atoms. The van der Waals surface area contributed by atoms with Gasteiger partial charge >= 0.3 is 0 Å². The van der Waals surface area contributed by atoms with Gasteiger partial charge in [-0.05, 0) is 29.9 Å². The van der Waals surface area contributed by atoms with Crippen molar-refractivity contribution in [1.82, 2.24) is 0 Å². The molecular formula is C10H15N3O2S. The highest BCUT2D eigenvalue weighted by atomic mass is 32.1. The summed E-state index contributed by atoms with van der Waals surface area (Å²) in [7, 11) is 0. The highest BCUT2D eigenvalue weighted by Crippen LogP contribution is 2.18. The number of aliphatic hydroxyl groups is 2. The predicted octanol–water partition coefficient (Wildman–Crippen LogP) is -0.305. The van der Waals surface area contributed by atoms with Crippen molar-refractivity contribution in [2.24, 2.45) is 11.5 Å². The van der Waals surface area contributed by atoms with Gasteiger partial charge in [-0.2, -0.15) is 0 Å². The monoisotopic (exact) mass is 241 g/mol. The van der Waals surface area contributed by atoms with Crippen LogP contribution in [0.5, 0.6) is 0 Å². The molecule has 6 heteroatoms. The van der Waals surface area contributed by atoms with Gasteiger partial charge in [-0.15, -0.1) is 0 Å². The Labute approximate surface area is 99.1 Å². The van der Waals surface area contributed by atoms with Crippen LogP contribution in [0.1, 0.15) is 11.7 Å². The molecule has 0 amide bonds. The molecule has 0 radical (unpaired) electrons. The SMILES string of the molecule is NCC(O)C(O)c1ccc(NC(N)=S)cc1. The number of nitrogens with one attached hydrogen (secondary N) is 1. The summed E-state index contributed by atoms with van der Waals surface area (Å²) in [5.41, 5.74) is 11.9. The standard InChI is InChI=1S/C10H15N3O2S/c11-5-8(14)9(15)6-1-3-7(4-2-6)13-10(12)16/h1-4,8-9,14-15H,5,11H2,(H3,12,13,16). The van der Waals surface area contributed by atoms with Crippen LogP contribution >= 0.6 is 12.2 Å². The van der Waals surface area contributed by atoms with Crippen molar-refractivity contribution in [3.05, 3.63) is 29.8 Å². The number of thiocarbonyl (C=S) groups is 1. The first-order chi connectivity index (χ1) is 7.54. The Morgan fingerprint density at radius 2 is 1.88 bits per heavy atom. The lowest BCUT2D eigenvalue weighted by atomic mass is 10.0. The molecule has 0 saturated carbocycles. The number of hydrogen-bond donors (Lipinski definition) is 5. The molecule has 7 N–H and O–H groups in total. The van der Waals surface area contributed by atoms with Gasteiger partial charge in [-0.1, -0.05) is 12.1 Å². The van der Waals surface area contributed by atoms with Crippen LogP contribution in [0.25, 0.3) is 0 Å². The van der Waals surface area contributed by atoms with Gasteiger partial charge in [0.1, 0.15) is 6.10 Å². The van der Waals surface area contributed by atoms with Crippen LogP contribution in [-0.4, -0.2) is 28.0 Å². The molecule has 0 aliphatic rings. The number of aliphatic hydroxyl groups excluding tert-OH is 2. The molecule has 0 bridgehead atoms. The fourth-order valence-corrected chi connectivity index (χ4v) is 1.37. The quantitative estimate of drug-likeness (QED) is 0.463. The lowest BCUT2D eigenvalue weighted by Crippen LogP contribution is -2.27. The van der Waals surface area contributed by atoms with E-state index in [0.717, 1.165) is 5.69 Å². The second-order valence-corrected chi connectivity index (χ2v) is 3.80. The Balaban J connectivity index is 2.74. The van der Waals surface area contributed by atoms with Gasteiger partial charge in [0, 0.05) is 12.2 Å². The Morgan fingerprint density at radius 3 is 2.31 bits per heavy atom. The Bertz CT molecular complexity index is 356. The highest BCUT2D eigenvalue weighted by molar-refractivity contribution is 7.80. The molecule has 2 unspecified atom stereocenters. The van der Waals surface area contributed by atoms with Gasteiger partial charge in [-0.25, -0.2) is 0 Å². The maximum Gasteiger partial charge on any atom is 0.168 e. The summed E-state index contributed by atoms with van der Waals surface area (Å²) in [5, 5.41) is 22.0. The minimum absolute atomic E-state index is 0.00799. The van der Waals surface area contributed by atoms with Gasteiger partial charge in [0.05, 0.1) is 6.10 Å². The molecule has 16 heavy (non-hydrogen) atoms. The van der Waals surface area contributed by atoms with Gasteiger partial charge in [-0.3, -0.25) is 0 Å². The summed E-state index contributed by atoms with van der Waals surface area (Å²) in [6.45, 7) is 0.00799. The zero-order valence-electron chi connectivity index (χ0n) is 8.63. The first kappa shape index (κ1) is 12.9. The van der Waals surface area contributed by atoms with E-state index in [9.17, 15) is 10.2 Å². The molecule has 0 fully saturated rings. The molecule has 88 valence electrons. The van der Waals surface area contributed by atoms with Gasteiger partial charge in [0.15, 0.2) is 5.11 Å². The van der Waals surface area contributed by atoms with E-state index in [0.29, 0.717) is 5.56 Å². The number of nitrogens with two attached hydrogens (primary N) is 2. The number of benzene rings is 1. The smallest absolute Gasteiger partial charge is 0.168 e. The van der Waals surface area contributed by atoms with E-state index in [-0.39, 0.29) is 11.7 Å². The fraction of sp³-hybridized carbons (Fsp3) is 0.300. The van der Waals surface area contributed by atoms with Gasteiger partial charge in [0.25, 0.3) is 0 Å². The second-order valence-electron chi connectivity index (χ2n) is 3.36. The average Bonchev–Trinajstić information content (AvgIpc) is 2.27. The summed E-state index contributed by atoms with van der Waals surface area (Å²) in [6.07, 6.45) is -1.95. The number of anilines is 1. The minimum atomic E-state index is -0.983. The second kappa shape index (κ2) is 5.76. The number of rotatable bonds is 4. The van der Waals surface area contributed by atoms with Crippen LogP contribution in [0.2, 0.25) is 0 Å². The Morgan fingerprint density at radius 1 is 1.31 bits per heavy atom. The van der Waals surface area contributed by atoms with Gasteiger partial charge in [0.2, 0.25) is 0 Å². The van der Waals surface area contributed by atoms with Crippen LogP contribution in [0.15, 0.2) is 24.3 Å². The molecule has 1 rings (SSSR count). The summed E-state index contributed by atoms with van der Waals surface area (Å²) < 4.78 is 0.